The summed E-state index contributed by atoms with van der Waals surface area (Å²) in [7, 11) is 2.21. The fraction of sp³-hybridized carbons (Fsp3) is 1.00. The number of likely N-dealkylation sites (N-methyl/N-ethyl adjacent to an activating group) is 1. The largest absolute Gasteiger partial charge is 0.311 e. The summed E-state index contributed by atoms with van der Waals surface area (Å²) >= 11 is 2.07. The molecule has 0 bridgehead atoms. The highest BCUT2D eigenvalue weighted by Crippen LogP contribution is 2.08. The third-order valence-corrected chi connectivity index (χ3v) is 3.27. The third kappa shape index (κ3) is 3.78. The highest BCUT2D eigenvalue weighted by molar-refractivity contribution is 7.99. The van der Waals surface area contributed by atoms with E-state index in [1.807, 2.05) is 0 Å². The molecule has 3 heteroatoms. The summed E-state index contributed by atoms with van der Waals surface area (Å²) in [5.74, 6) is 2.57. The van der Waals surface area contributed by atoms with Gasteiger partial charge in [0.1, 0.15) is 0 Å². The topological polar surface area (TPSA) is 15.3 Å². The van der Waals surface area contributed by atoms with E-state index in [0.29, 0.717) is 0 Å². The van der Waals surface area contributed by atoms with Gasteiger partial charge in [0.25, 0.3) is 0 Å². The first kappa shape index (κ1) is 10.4. The second-order valence-electron chi connectivity index (χ2n) is 3.49. The van der Waals surface area contributed by atoms with E-state index in [-0.39, 0.29) is 0 Å². The van der Waals surface area contributed by atoms with Crippen LogP contribution >= 0.6 is 11.8 Å². The maximum atomic E-state index is 3.55. The Morgan fingerprint density at radius 2 is 2.42 bits per heavy atom. The molecule has 0 spiro atoms. The van der Waals surface area contributed by atoms with Gasteiger partial charge in [-0.1, -0.05) is 6.92 Å². The molecule has 72 valence electrons. The van der Waals surface area contributed by atoms with Gasteiger partial charge in [-0.25, -0.2) is 0 Å². The van der Waals surface area contributed by atoms with Gasteiger partial charge in [-0.05, 0) is 20.0 Å². The molecule has 1 fully saturated rings. The molecule has 12 heavy (non-hydrogen) atoms. The van der Waals surface area contributed by atoms with Gasteiger partial charge in [-0.2, -0.15) is 11.8 Å². The fourth-order valence-electron chi connectivity index (χ4n) is 1.59. The molecule has 0 aromatic heterocycles. The predicted octanol–water partition coefficient (Wildman–Crippen LogP) is 1.03. The molecule has 2 nitrogen and oxygen atoms in total. The standard InChI is InChI=1S/C9H20N2S/c1-3-5-11(2)7-9-8-12-6-4-10-9/h9-10H,3-8H2,1-2H3. The van der Waals surface area contributed by atoms with Crippen LogP contribution in [0.2, 0.25) is 0 Å². The molecule has 1 unspecified atom stereocenters. The van der Waals surface area contributed by atoms with Crippen LogP contribution in [0.1, 0.15) is 13.3 Å². The zero-order valence-electron chi connectivity index (χ0n) is 8.18. The van der Waals surface area contributed by atoms with Crippen molar-refractivity contribution in [1.29, 1.82) is 0 Å². The van der Waals surface area contributed by atoms with E-state index in [1.165, 1.54) is 37.6 Å². The Bertz CT molecular complexity index is 113. The van der Waals surface area contributed by atoms with Gasteiger partial charge in [0.15, 0.2) is 0 Å². The average Bonchev–Trinajstić information content (AvgIpc) is 2.06. The van der Waals surface area contributed by atoms with Crippen LogP contribution in [-0.2, 0) is 0 Å². The first-order valence-corrected chi connectivity index (χ1v) is 5.98. The second kappa shape index (κ2) is 5.84. The highest BCUT2D eigenvalue weighted by atomic mass is 32.2. The number of hydrogen-bond donors (Lipinski definition) is 1. The lowest BCUT2D eigenvalue weighted by Crippen LogP contribution is -2.45. The Morgan fingerprint density at radius 3 is 3.00 bits per heavy atom. The SMILES string of the molecule is CCCN(C)CC1CSCCN1. The summed E-state index contributed by atoms with van der Waals surface area (Å²) in [5, 5.41) is 3.55. The van der Waals surface area contributed by atoms with Crippen molar-refractivity contribution in [2.45, 2.75) is 19.4 Å². The smallest absolute Gasteiger partial charge is 0.0285 e. The maximum absolute atomic E-state index is 3.55. The van der Waals surface area contributed by atoms with E-state index < -0.39 is 0 Å². The molecule has 1 heterocycles. The molecule has 1 aliphatic heterocycles. The van der Waals surface area contributed by atoms with Crippen LogP contribution in [-0.4, -0.2) is 49.1 Å². The van der Waals surface area contributed by atoms with Crippen molar-refractivity contribution in [2.75, 3.05) is 38.2 Å². The van der Waals surface area contributed by atoms with Crippen molar-refractivity contribution in [3.05, 3.63) is 0 Å². The minimum absolute atomic E-state index is 0.722. The van der Waals surface area contributed by atoms with Crippen LogP contribution in [0, 0.1) is 0 Å². The summed E-state index contributed by atoms with van der Waals surface area (Å²) in [5.41, 5.74) is 0. The molecule has 0 amide bonds. The van der Waals surface area contributed by atoms with Gasteiger partial charge >= 0.3 is 0 Å². The van der Waals surface area contributed by atoms with E-state index in [1.54, 1.807) is 0 Å². The average molecular weight is 188 g/mol. The number of nitrogens with one attached hydrogen (secondary N) is 1. The summed E-state index contributed by atoms with van der Waals surface area (Å²) in [6.45, 7) is 5.86. The zero-order chi connectivity index (χ0) is 8.81. The normalized spacial score (nSPS) is 24.8. The zero-order valence-corrected chi connectivity index (χ0v) is 8.99. The molecular formula is C9H20N2S. The summed E-state index contributed by atoms with van der Waals surface area (Å²) < 4.78 is 0. The Kier molecular flexibility index (Phi) is 5.04. The lowest BCUT2D eigenvalue weighted by atomic mass is 10.3. The summed E-state index contributed by atoms with van der Waals surface area (Å²) in [4.78, 5) is 2.42. The van der Waals surface area contributed by atoms with E-state index >= 15 is 0 Å². The van der Waals surface area contributed by atoms with E-state index in [4.69, 9.17) is 0 Å². The molecule has 0 aromatic carbocycles. The molecule has 0 saturated carbocycles. The van der Waals surface area contributed by atoms with Gasteiger partial charge in [-0.15, -0.1) is 0 Å². The lowest BCUT2D eigenvalue weighted by Gasteiger charge is -2.27. The molecular weight excluding hydrogens is 168 g/mol. The third-order valence-electron chi connectivity index (χ3n) is 2.14. The summed E-state index contributed by atoms with van der Waals surface area (Å²) in [6.07, 6.45) is 1.26. The van der Waals surface area contributed by atoms with Crippen LogP contribution in [0.3, 0.4) is 0 Å². The van der Waals surface area contributed by atoms with Gasteiger partial charge in [-0.3, -0.25) is 0 Å². The van der Waals surface area contributed by atoms with Gasteiger partial charge < -0.3 is 10.2 Å². The highest BCUT2D eigenvalue weighted by Gasteiger charge is 2.13. The minimum Gasteiger partial charge on any atom is -0.311 e. The number of nitrogens with zero attached hydrogens (tertiary/aromatic N) is 1. The van der Waals surface area contributed by atoms with Crippen molar-refractivity contribution < 1.29 is 0 Å². The summed E-state index contributed by atoms with van der Waals surface area (Å²) in [6, 6.07) is 0.722. The Hall–Kier alpha value is 0.270. The molecule has 1 atom stereocenters. The van der Waals surface area contributed by atoms with Crippen LogP contribution in [0.5, 0.6) is 0 Å². The van der Waals surface area contributed by atoms with Crippen LogP contribution in [0.4, 0.5) is 0 Å². The lowest BCUT2D eigenvalue weighted by molar-refractivity contribution is 0.299. The molecule has 1 rings (SSSR count). The predicted molar refractivity (Wildman–Crippen MR) is 56.9 cm³/mol. The monoisotopic (exact) mass is 188 g/mol. The Morgan fingerprint density at radius 1 is 1.58 bits per heavy atom. The Balaban J connectivity index is 2.11. The van der Waals surface area contributed by atoms with Gasteiger partial charge in [0.05, 0.1) is 0 Å². The van der Waals surface area contributed by atoms with E-state index in [9.17, 15) is 0 Å². The molecule has 0 aromatic rings. The van der Waals surface area contributed by atoms with Crippen molar-refractivity contribution in [2.24, 2.45) is 0 Å². The minimum atomic E-state index is 0.722. The van der Waals surface area contributed by atoms with Gasteiger partial charge in [0.2, 0.25) is 0 Å². The van der Waals surface area contributed by atoms with Crippen LogP contribution in [0.15, 0.2) is 0 Å². The van der Waals surface area contributed by atoms with E-state index in [2.05, 4.69) is 35.9 Å². The van der Waals surface area contributed by atoms with E-state index in [0.717, 1.165) is 6.04 Å². The Labute approximate surface area is 80.1 Å². The molecule has 1 saturated heterocycles. The fourth-order valence-corrected chi connectivity index (χ4v) is 2.52. The molecule has 1 N–H and O–H groups in total. The molecule has 1 aliphatic rings. The molecule has 0 aliphatic carbocycles. The van der Waals surface area contributed by atoms with Crippen molar-refractivity contribution in [3.63, 3.8) is 0 Å². The van der Waals surface area contributed by atoms with Crippen LogP contribution < -0.4 is 5.32 Å². The van der Waals surface area contributed by atoms with Crippen molar-refractivity contribution in [3.8, 4) is 0 Å². The first-order chi connectivity index (χ1) is 5.83. The molecule has 0 radical (unpaired) electrons. The second-order valence-corrected chi connectivity index (χ2v) is 4.64. The van der Waals surface area contributed by atoms with Gasteiger partial charge in [0, 0.05) is 30.6 Å². The quantitative estimate of drug-likeness (QED) is 0.709. The number of hydrogen-bond acceptors (Lipinski definition) is 3. The van der Waals surface area contributed by atoms with Crippen molar-refractivity contribution in [1.82, 2.24) is 10.2 Å². The first-order valence-electron chi connectivity index (χ1n) is 4.82. The van der Waals surface area contributed by atoms with Crippen molar-refractivity contribution >= 4 is 11.8 Å². The van der Waals surface area contributed by atoms with Crippen LogP contribution in [0.25, 0.3) is 0 Å². The number of thioether (sulfide) groups is 1. The maximum Gasteiger partial charge on any atom is 0.0285 e. The number of rotatable bonds is 4.